The molecule has 1 saturated heterocycles. The van der Waals surface area contributed by atoms with E-state index in [9.17, 15) is 14.7 Å². The molecule has 2 aromatic rings. The summed E-state index contributed by atoms with van der Waals surface area (Å²) in [5.41, 5.74) is 0.823. The van der Waals surface area contributed by atoms with Crippen molar-refractivity contribution >= 4 is 46.0 Å². The average Bonchev–Trinajstić information content (AvgIpc) is 3.09. The number of rotatable bonds is 3. The first-order chi connectivity index (χ1) is 10.9. The van der Waals surface area contributed by atoms with Gasteiger partial charge in [0.15, 0.2) is 0 Å². The molecular formula is C15H14Cl2N2O4. The van der Waals surface area contributed by atoms with Crippen LogP contribution in [-0.2, 0) is 9.53 Å². The van der Waals surface area contributed by atoms with Crippen LogP contribution < -0.4 is 0 Å². The Morgan fingerprint density at radius 3 is 2.78 bits per heavy atom. The van der Waals surface area contributed by atoms with E-state index >= 15 is 0 Å². The van der Waals surface area contributed by atoms with Crippen LogP contribution in [0.2, 0.25) is 10.0 Å². The van der Waals surface area contributed by atoms with Gasteiger partial charge in [-0.3, -0.25) is 4.79 Å². The largest absolute Gasteiger partial charge is 0.480 e. The standard InChI is InChI=1S/C15H14Cl2N2O4/c1-23-8-5-11(15(21)22)19(6-8)14(20)13-12(17)9-4-7(16)2-3-10(9)18-13/h2-4,8,11,18H,5-6H2,1H3,(H,21,22). The number of aromatic amines is 1. The number of methoxy groups -OCH3 is 1. The van der Waals surface area contributed by atoms with E-state index in [4.69, 9.17) is 27.9 Å². The first kappa shape index (κ1) is 16.1. The van der Waals surface area contributed by atoms with E-state index in [1.54, 1.807) is 18.2 Å². The van der Waals surface area contributed by atoms with Crippen molar-refractivity contribution in [1.29, 1.82) is 0 Å². The highest BCUT2D eigenvalue weighted by Gasteiger charge is 2.41. The number of ether oxygens (including phenoxy) is 1. The van der Waals surface area contributed by atoms with Gasteiger partial charge >= 0.3 is 5.97 Å². The van der Waals surface area contributed by atoms with Crippen molar-refractivity contribution in [2.24, 2.45) is 0 Å². The number of hydrogen-bond donors (Lipinski definition) is 2. The summed E-state index contributed by atoms with van der Waals surface area (Å²) < 4.78 is 5.19. The van der Waals surface area contributed by atoms with Crippen LogP contribution in [0, 0.1) is 0 Å². The van der Waals surface area contributed by atoms with Gasteiger partial charge in [-0.2, -0.15) is 0 Å². The summed E-state index contributed by atoms with van der Waals surface area (Å²) in [6.45, 7) is 0.207. The fraction of sp³-hybridized carbons (Fsp3) is 0.333. The van der Waals surface area contributed by atoms with Crippen LogP contribution in [0.1, 0.15) is 16.9 Å². The predicted molar refractivity (Wildman–Crippen MR) is 86.2 cm³/mol. The molecule has 1 fully saturated rings. The number of nitrogens with zero attached hydrogens (tertiary/aromatic N) is 1. The lowest BCUT2D eigenvalue weighted by Crippen LogP contribution is -2.40. The summed E-state index contributed by atoms with van der Waals surface area (Å²) in [4.78, 5) is 28.4. The van der Waals surface area contributed by atoms with Crippen molar-refractivity contribution in [2.45, 2.75) is 18.6 Å². The summed E-state index contributed by atoms with van der Waals surface area (Å²) in [6, 6.07) is 4.13. The number of amides is 1. The molecule has 1 aliphatic heterocycles. The third-order valence-corrected chi connectivity index (χ3v) is 4.68. The molecule has 1 aromatic heterocycles. The molecule has 122 valence electrons. The molecule has 8 heteroatoms. The van der Waals surface area contributed by atoms with Gasteiger partial charge in [0.2, 0.25) is 0 Å². The van der Waals surface area contributed by atoms with Gasteiger partial charge in [0.05, 0.1) is 11.1 Å². The number of hydrogen-bond acceptors (Lipinski definition) is 3. The molecule has 2 heterocycles. The van der Waals surface area contributed by atoms with E-state index in [2.05, 4.69) is 4.98 Å². The normalized spacial score (nSPS) is 21.1. The maximum atomic E-state index is 12.8. The molecule has 1 aromatic carbocycles. The van der Waals surface area contributed by atoms with E-state index in [1.165, 1.54) is 12.0 Å². The maximum Gasteiger partial charge on any atom is 0.326 e. The maximum absolute atomic E-state index is 12.8. The lowest BCUT2D eigenvalue weighted by Gasteiger charge is -2.20. The van der Waals surface area contributed by atoms with Gasteiger partial charge in [-0.1, -0.05) is 23.2 Å². The molecular weight excluding hydrogens is 343 g/mol. The summed E-state index contributed by atoms with van der Waals surface area (Å²) in [7, 11) is 1.50. The van der Waals surface area contributed by atoms with Crippen LogP contribution in [0.5, 0.6) is 0 Å². The minimum absolute atomic E-state index is 0.159. The number of aliphatic carboxylic acids is 1. The molecule has 1 amide bonds. The second kappa shape index (κ2) is 6.03. The molecule has 23 heavy (non-hydrogen) atoms. The SMILES string of the molecule is COC1CC(C(=O)O)N(C(=O)c2[nH]c3ccc(Cl)cc3c2Cl)C1. The number of fused-ring (bicyclic) bond motifs is 1. The molecule has 6 nitrogen and oxygen atoms in total. The van der Waals surface area contributed by atoms with E-state index in [-0.39, 0.29) is 29.8 Å². The lowest BCUT2D eigenvalue weighted by atomic mass is 10.2. The monoisotopic (exact) mass is 356 g/mol. The highest BCUT2D eigenvalue weighted by molar-refractivity contribution is 6.39. The van der Waals surface area contributed by atoms with Crippen LogP contribution in [-0.4, -0.2) is 52.7 Å². The minimum atomic E-state index is -1.06. The molecule has 0 radical (unpaired) electrons. The minimum Gasteiger partial charge on any atom is -0.480 e. The van der Waals surface area contributed by atoms with E-state index in [0.29, 0.717) is 15.9 Å². The Labute approximate surface area is 141 Å². The third-order valence-electron chi connectivity index (χ3n) is 4.05. The topological polar surface area (TPSA) is 82.6 Å². The van der Waals surface area contributed by atoms with Crippen LogP contribution >= 0.6 is 23.2 Å². The van der Waals surface area contributed by atoms with Crippen LogP contribution in [0.3, 0.4) is 0 Å². The van der Waals surface area contributed by atoms with E-state index < -0.39 is 17.9 Å². The zero-order valence-electron chi connectivity index (χ0n) is 12.2. The smallest absolute Gasteiger partial charge is 0.326 e. The van der Waals surface area contributed by atoms with Crippen LogP contribution in [0.25, 0.3) is 10.9 Å². The van der Waals surface area contributed by atoms with E-state index in [0.717, 1.165) is 0 Å². The van der Waals surface area contributed by atoms with Gasteiger partial charge in [-0.05, 0) is 18.2 Å². The second-order valence-electron chi connectivity index (χ2n) is 5.41. The fourth-order valence-corrected chi connectivity index (χ4v) is 3.31. The van der Waals surface area contributed by atoms with Crippen molar-refractivity contribution in [1.82, 2.24) is 9.88 Å². The van der Waals surface area contributed by atoms with Crippen molar-refractivity contribution in [3.63, 3.8) is 0 Å². The molecule has 1 aliphatic rings. The van der Waals surface area contributed by atoms with Crippen LogP contribution in [0.15, 0.2) is 18.2 Å². The summed E-state index contributed by atoms with van der Waals surface area (Å²) in [5, 5.41) is 10.7. The molecule has 0 spiro atoms. The summed E-state index contributed by atoms with van der Waals surface area (Å²) in [5.74, 6) is -1.53. The molecule has 0 bridgehead atoms. The van der Waals surface area contributed by atoms with Gasteiger partial charge < -0.3 is 19.7 Å². The summed E-state index contributed by atoms with van der Waals surface area (Å²) in [6.07, 6.45) is -0.0565. The number of carboxylic acid groups (broad SMARTS) is 1. The third kappa shape index (κ3) is 2.78. The number of likely N-dealkylation sites (tertiary alicyclic amines) is 1. The number of halogens is 2. The van der Waals surface area contributed by atoms with Gasteiger partial charge in [-0.25, -0.2) is 4.79 Å². The molecule has 2 unspecified atom stereocenters. The fourth-order valence-electron chi connectivity index (χ4n) is 2.85. The average molecular weight is 357 g/mol. The Hall–Kier alpha value is -1.76. The van der Waals surface area contributed by atoms with Gasteiger partial charge in [0.25, 0.3) is 5.91 Å². The lowest BCUT2D eigenvalue weighted by molar-refractivity contribution is -0.141. The first-order valence-electron chi connectivity index (χ1n) is 6.95. The Kier molecular flexibility index (Phi) is 4.23. The molecule has 3 rings (SSSR count). The second-order valence-corrected chi connectivity index (χ2v) is 6.22. The quantitative estimate of drug-likeness (QED) is 0.885. The number of H-pyrrole nitrogens is 1. The highest BCUT2D eigenvalue weighted by atomic mass is 35.5. The number of benzene rings is 1. The van der Waals surface area contributed by atoms with Crippen molar-refractivity contribution in [3.8, 4) is 0 Å². The molecule has 0 saturated carbocycles. The zero-order chi connectivity index (χ0) is 16.7. The van der Waals surface area contributed by atoms with Crippen LogP contribution in [0.4, 0.5) is 0 Å². The van der Waals surface area contributed by atoms with Gasteiger partial charge in [0.1, 0.15) is 11.7 Å². The highest BCUT2D eigenvalue weighted by Crippen LogP contribution is 2.32. The van der Waals surface area contributed by atoms with Gasteiger partial charge in [-0.15, -0.1) is 0 Å². The summed E-state index contributed by atoms with van der Waals surface area (Å²) >= 11 is 12.2. The number of carbonyl (C=O) groups excluding carboxylic acids is 1. The number of nitrogens with one attached hydrogen (secondary N) is 1. The first-order valence-corrected chi connectivity index (χ1v) is 7.71. The van der Waals surface area contributed by atoms with Gasteiger partial charge in [0, 0.05) is 36.0 Å². The molecule has 0 aliphatic carbocycles. The molecule has 2 atom stereocenters. The Balaban J connectivity index is 1.99. The van der Waals surface area contributed by atoms with Crippen molar-refractivity contribution in [2.75, 3.05) is 13.7 Å². The Morgan fingerprint density at radius 2 is 2.13 bits per heavy atom. The van der Waals surface area contributed by atoms with Crippen molar-refractivity contribution < 1.29 is 19.4 Å². The Bertz CT molecular complexity index is 789. The predicted octanol–water partition coefficient (Wildman–Crippen LogP) is 2.79. The number of carboxylic acids is 1. The van der Waals surface area contributed by atoms with Crippen molar-refractivity contribution in [3.05, 3.63) is 33.9 Å². The number of aromatic nitrogens is 1. The zero-order valence-corrected chi connectivity index (χ0v) is 13.7. The number of carbonyl (C=O) groups is 2. The van der Waals surface area contributed by atoms with E-state index in [1.807, 2.05) is 0 Å². The molecule has 2 N–H and O–H groups in total. The Morgan fingerprint density at radius 1 is 1.39 bits per heavy atom.